The summed E-state index contributed by atoms with van der Waals surface area (Å²) in [6.45, 7) is 4.62. The summed E-state index contributed by atoms with van der Waals surface area (Å²) in [5, 5.41) is 13.9. The Balaban J connectivity index is 1.69. The predicted octanol–water partition coefficient (Wildman–Crippen LogP) is -0.691. The van der Waals surface area contributed by atoms with E-state index in [0.29, 0.717) is 26.3 Å². The minimum absolute atomic E-state index is 0.000312. The molecule has 1 aromatic heterocycles. The molecule has 2 aliphatic heterocycles. The van der Waals surface area contributed by atoms with Gasteiger partial charge in [0.05, 0.1) is 44.6 Å². The van der Waals surface area contributed by atoms with E-state index in [1.807, 2.05) is 10.7 Å². The van der Waals surface area contributed by atoms with Crippen LogP contribution in [0.5, 0.6) is 0 Å². The zero-order valence-electron chi connectivity index (χ0n) is 12.1. The molecule has 1 amide bonds. The summed E-state index contributed by atoms with van der Waals surface area (Å²) in [6, 6.07) is 1.81. The van der Waals surface area contributed by atoms with Gasteiger partial charge < -0.3 is 14.7 Å². The number of carbonyl (C=O) groups is 1. The van der Waals surface area contributed by atoms with Gasteiger partial charge in [0.25, 0.3) is 0 Å². The lowest BCUT2D eigenvalue weighted by atomic mass is 10.2. The first-order chi connectivity index (χ1) is 10.3. The number of nitrogens with zero attached hydrogens (tertiary/aromatic N) is 4. The first-order valence-electron chi connectivity index (χ1n) is 7.49. The van der Waals surface area contributed by atoms with Crippen molar-refractivity contribution < 1.29 is 14.6 Å². The predicted molar refractivity (Wildman–Crippen MR) is 75.5 cm³/mol. The Morgan fingerprint density at radius 1 is 1.38 bits per heavy atom. The number of aromatic nitrogens is 2. The number of aliphatic hydroxyl groups is 1. The van der Waals surface area contributed by atoms with E-state index in [1.165, 1.54) is 0 Å². The van der Waals surface area contributed by atoms with Crippen molar-refractivity contribution in [3.8, 4) is 0 Å². The van der Waals surface area contributed by atoms with Crippen molar-refractivity contribution in [2.75, 3.05) is 39.5 Å². The topological polar surface area (TPSA) is 70.8 Å². The molecule has 7 nitrogen and oxygen atoms in total. The summed E-state index contributed by atoms with van der Waals surface area (Å²) < 4.78 is 7.23. The van der Waals surface area contributed by atoms with E-state index in [0.717, 1.165) is 31.7 Å². The Bertz CT molecular complexity index is 484. The lowest BCUT2D eigenvalue weighted by Gasteiger charge is -2.32. The Morgan fingerprint density at radius 3 is 2.95 bits per heavy atom. The number of rotatable bonds is 3. The lowest BCUT2D eigenvalue weighted by molar-refractivity contribution is -0.137. The van der Waals surface area contributed by atoms with Gasteiger partial charge in [0, 0.05) is 25.8 Å². The van der Waals surface area contributed by atoms with E-state index in [4.69, 9.17) is 4.74 Å². The standard InChI is InChI=1S/C14H22N4O3/c19-11-13-2-4-18-12(1-3-15-18)9-17(13)14(20)10-16-5-7-21-8-6-16/h1,3,13,19H,2,4-11H2/t13-/m0/s1. The number of aryl methyl sites for hydroxylation is 1. The van der Waals surface area contributed by atoms with Crippen LogP contribution in [-0.4, -0.2) is 76.1 Å². The maximum Gasteiger partial charge on any atom is 0.237 e. The summed E-state index contributed by atoms with van der Waals surface area (Å²) >= 11 is 0. The molecule has 1 atom stereocenters. The van der Waals surface area contributed by atoms with Gasteiger partial charge in [0.2, 0.25) is 5.91 Å². The van der Waals surface area contributed by atoms with Crippen molar-refractivity contribution in [1.29, 1.82) is 0 Å². The fraction of sp³-hybridized carbons (Fsp3) is 0.714. The third-order valence-corrected chi connectivity index (χ3v) is 4.25. The largest absolute Gasteiger partial charge is 0.394 e. The average molecular weight is 294 g/mol. The van der Waals surface area contributed by atoms with Gasteiger partial charge in [-0.2, -0.15) is 5.10 Å². The molecule has 7 heteroatoms. The van der Waals surface area contributed by atoms with E-state index in [9.17, 15) is 9.90 Å². The number of morpholine rings is 1. The van der Waals surface area contributed by atoms with Crippen LogP contribution in [0.2, 0.25) is 0 Å². The smallest absolute Gasteiger partial charge is 0.237 e. The SMILES string of the molecule is O=C(CN1CCOCC1)N1Cc2ccnn2CC[C@H]1CO. The molecule has 1 N–H and O–H groups in total. The highest BCUT2D eigenvalue weighted by Crippen LogP contribution is 2.17. The number of aliphatic hydroxyl groups excluding tert-OH is 1. The van der Waals surface area contributed by atoms with E-state index in [-0.39, 0.29) is 18.6 Å². The summed E-state index contributed by atoms with van der Waals surface area (Å²) in [6.07, 6.45) is 2.50. The Morgan fingerprint density at radius 2 is 2.19 bits per heavy atom. The molecule has 3 rings (SSSR count). The molecular weight excluding hydrogens is 272 g/mol. The van der Waals surface area contributed by atoms with E-state index in [2.05, 4.69) is 10.00 Å². The first-order valence-corrected chi connectivity index (χ1v) is 7.49. The van der Waals surface area contributed by atoms with Gasteiger partial charge in [0.15, 0.2) is 0 Å². The molecule has 0 bridgehead atoms. The van der Waals surface area contributed by atoms with Gasteiger partial charge >= 0.3 is 0 Å². The van der Waals surface area contributed by atoms with Crippen LogP contribution in [0, 0.1) is 0 Å². The third-order valence-electron chi connectivity index (χ3n) is 4.25. The van der Waals surface area contributed by atoms with Crippen molar-refractivity contribution in [2.45, 2.75) is 25.6 Å². The van der Waals surface area contributed by atoms with Crippen molar-refractivity contribution in [3.05, 3.63) is 18.0 Å². The molecule has 0 saturated carbocycles. The van der Waals surface area contributed by atoms with Crippen LogP contribution in [0.15, 0.2) is 12.3 Å². The molecule has 0 radical (unpaired) electrons. The van der Waals surface area contributed by atoms with E-state index >= 15 is 0 Å². The molecule has 116 valence electrons. The second-order valence-electron chi connectivity index (χ2n) is 5.58. The normalized spacial score (nSPS) is 23.7. The molecule has 1 saturated heterocycles. The van der Waals surface area contributed by atoms with Crippen LogP contribution in [0.3, 0.4) is 0 Å². The van der Waals surface area contributed by atoms with E-state index < -0.39 is 0 Å². The quantitative estimate of drug-likeness (QED) is 0.799. The number of fused-ring (bicyclic) bond motifs is 1. The number of amides is 1. The third kappa shape index (κ3) is 3.25. The molecule has 3 heterocycles. The molecule has 2 aliphatic rings. The van der Waals surface area contributed by atoms with Crippen molar-refractivity contribution in [2.24, 2.45) is 0 Å². The monoisotopic (exact) mass is 294 g/mol. The van der Waals surface area contributed by atoms with Crippen molar-refractivity contribution in [1.82, 2.24) is 19.6 Å². The van der Waals surface area contributed by atoms with Gasteiger partial charge in [0.1, 0.15) is 0 Å². The van der Waals surface area contributed by atoms with Crippen LogP contribution in [0.4, 0.5) is 0 Å². The zero-order valence-corrected chi connectivity index (χ0v) is 12.1. The summed E-state index contributed by atoms with van der Waals surface area (Å²) in [4.78, 5) is 16.5. The number of ether oxygens (including phenoxy) is 1. The molecule has 0 aromatic carbocycles. The molecule has 0 unspecified atom stereocenters. The van der Waals surface area contributed by atoms with Crippen molar-refractivity contribution >= 4 is 5.91 Å². The molecule has 21 heavy (non-hydrogen) atoms. The highest BCUT2D eigenvalue weighted by molar-refractivity contribution is 5.78. The highest BCUT2D eigenvalue weighted by atomic mass is 16.5. The first kappa shape index (κ1) is 14.5. The molecular formula is C14H22N4O3. The minimum Gasteiger partial charge on any atom is -0.394 e. The number of hydrogen-bond donors (Lipinski definition) is 1. The minimum atomic E-state index is -0.125. The molecule has 1 fully saturated rings. The second kappa shape index (κ2) is 6.55. The van der Waals surface area contributed by atoms with Crippen LogP contribution < -0.4 is 0 Å². The maximum absolute atomic E-state index is 12.6. The Kier molecular flexibility index (Phi) is 4.52. The fourth-order valence-electron chi connectivity index (χ4n) is 2.95. The van der Waals surface area contributed by atoms with E-state index in [1.54, 1.807) is 11.1 Å². The summed E-state index contributed by atoms with van der Waals surface area (Å²) in [7, 11) is 0. The lowest BCUT2D eigenvalue weighted by Crippen LogP contribution is -2.48. The van der Waals surface area contributed by atoms with Gasteiger partial charge in [-0.15, -0.1) is 0 Å². The number of hydrogen-bond acceptors (Lipinski definition) is 5. The maximum atomic E-state index is 12.6. The van der Waals surface area contributed by atoms with Gasteiger partial charge in [-0.25, -0.2) is 0 Å². The van der Waals surface area contributed by atoms with Gasteiger partial charge in [-0.1, -0.05) is 0 Å². The molecule has 1 aromatic rings. The molecule has 0 aliphatic carbocycles. The van der Waals surface area contributed by atoms with Crippen LogP contribution in [0.1, 0.15) is 12.1 Å². The summed E-state index contributed by atoms with van der Waals surface area (Å²) in [5.74, 6) is 0.0746. The van der Waals surface area contributed by atoms with Crippen LogP contribution >= 0.6 is 0 Å². The number of carbonyl (C=O) groups excluding carboxylic acids is 1. The average Bonchev–Trinajstić information content (AvgIpc) is 2.87. The van der Waals surface area contributed by atoms with Crippen molar-refractivity contribution in [3.63, 3.8) is 0 Å². The van der Waals surface area contributed by atoms with Gasteiger partial charge in [-0.05, 0) is 12.5 Å². The summed E-state index contributed by atoms with van der Waals surface area (Å²) in [5.41, 5.74) is 1.03. The fourth-order valence-corrected chi connectivity index (χ4v) is 2.95. The van der Waals surface area contributed by atoms with Crippen LogP contribution in [-0.2, 0) is 22.6 Å². The Hall–Kier alpha value is -1.44. The van der Waals surface area contributed by atoms with Gasteiger partial charge in [-0.3, -0.25) is 14.4 Å². The molecule has 0 spiro atoms. The Labute approximate surface area is 124 Å². The van der Waals surface area contributed by atoms with Crippen LogP contribution in [0.25, 0.3) is 0 Å². The highest BCUT2D eigenvalue weighted by Gasteiger charge is 2.28. The second-order valence-corrected chi connectivity index (χ2v) is 5.58. The zero-order chi connectivity index (χ0) is 14.7.